The summed E-state index contributed by atoms with van der Waals surface area (Å²) in [5.74, 6) is -0.426. The Morgan fingerprint density at radius 2 is 2.25 bits per heavy atom. The van der Waals surface area contributed by atoms with Gasteiger partial charge in [-0.2, -0.15) is 5.26 Å². The van der Waals surface area contributed by atoms with Gasteiger partial charge in [0.1, 0.15) is 11.1 Å². The minimum Gasteiger partial charge on any atom is -0.323 e. The molecule has 0 spiro atoms. The minimum atomic E-state index is -0.628. The van der Waals surface area contributed by atoms with Gasteiger partial charge in [0.05, 0.1) is 16.6 Å². The first-order chi connectivity index (χ1) is 9.56. The van der Waals surface area contributed by atoms with Crippen molar-refractivity contribution in [2.45, 2.75) is 25.3 Å². The highest BCUT2D eigenvalue weighted by Gasteiger charge is 2.30. The molecule has 1 aliphatic heterocycles. The van der Waals surface area contributed by atoms with Gasteiger partial charge >= 0.3 is 0 Å². The predicted octanol–water partition coefficient (Wildman–Crippen LogP) is 2.77. The lowest BCUT2D eigenvalue weighted by Gasteiger charge is -2.31. The molecule has 6 nitrogen and oxygen atoms in total. The molecule has 0 bridgehead atoms. The van der Waals surface area contributed by atoms with Crippen molar-refractivity contribution in [2.24, 2.45) is 0 Å². The quantitative estimate of drug-likeness (QED) is 0.619. The summed E-state index contributed by atoms with van der Waals surface area (Å²) in [7, 11) is 0. The first-order valence-corrected chi connectivity index (χ1v) is 6.57. The number of rotatable bonds is 2. The number of likely N-dealkylation sites (tertiary alicyclic amines) is 1. The number of halogens is 1. The molecule has 0 radical (unpaired) electrons. The van der Waals surface area contributed by atoms with E-state index in [-0.39, 0.29) is 16.3 Å². The van der Waals surface area contributed by atoms with E-state index in [0.29, 0.717) is 13.0 Å². The number of nitrogens with zero attached hydrogens (tertiary/aromatic N) is 3. The summed E-state index contributed by atoms with van der Waals surface area (Å²) in [4.78, 5) is 24.1. The largest absolute Gasteiger partial charge is 0.323 e. The van der Waals surface area contributed by atoms with Gasteiger partial charge < -0.3 is 4.90 Å². The van der Waals surface area contributed by atoms with E-state index in [4.69, 9.17) is 16.9 Å². The summed E-state index contributed by atoms with van der Waals surface area (Å²) in [6.07, 6.45) is 2.33. The highest BCUT2D eigenvalue weighted by Crippen LogP contribution is 2.30. The zero-order valence-electron chi connectivity index (χ0n) is 10.6. The Bertz CT molecular complexity index is 597. The molecule has 1 saturated heterocycles. The second-order valence-corrected chi connectivity index (χ2v) is 4.91. The molecular weight excluding hydrogens is 282 g/mol. The fraction of sp³-hybridized carbons (Fsp3) is 0.385. The van der Waals surface area contributed by atoms with Crippen molar-refractivity contribution in [2.75, 3.05) is 6.54 Å². The van der Waals surface area contributed by atoms with Crippen LogP contribution in [0.15, 0.2) is 18.2 Å². The maximum absolute atomic E-state index is 12.4. The summed E-state index contributed by atoms with van der Waals surface area (Å²) in [6, 6.07) is 5.71. The molecule has 1 aliphatic rings. The number of nitriles is 1. The number of carbonyl (C=O) groups is 1. The third kappa shape index (κ3) is 2.58. The number of carbonyl (C=O) groups excluding carboxylic acids is 1. The number of benzene rings is 1. The normalized spacial score (nSPS) is 18.4. The highest BCUT2D eigenvalue weighted by atomic mass is 35.5. The molecular formula is C13H12ClN3O3. The topological polar surface area (TPSA) is 87.2 Å². The Morgan fingerprint density at radius 3 is 2.90 bits per heavy atom. The molecule has 0 saturated carbocycles. The van der Waals surface area contributed by atoms with Crippen LogP contribution in [0.4, 0.5) is 5.69 Å². The summed E-state index contributed by atoms with van der Waals surface area (Å²) in [6.45, 7) is 0.468. The maximum Gasteiger partial charge on any atom is 0.288 e. The molecule has 0 aromatic heterocycles. The highest BCUT2D eigenvalue weighted by molar-refractivity contribution is 6.35. The molecule has 1 amide bonds. The van der Waals surface area contributed by atoms with E-state index in [2.05, 4.69) is 6.07 Å². The summed E-state index contributed by atoms with van der Waals surface area (Å²) >= 11 is 5.94. The molecule has 2 rings (SSSR count). The first-order valence-electron chi connectivity index (χ1n) is 6.19. The standard InChI is InChI=1S/C13H12ClN3O3/c14-12-10(5-3-6-11(12)17(19)20)13(18)16-7-2-1-4-9(16)8-15/h3,5-6,9H,1-2,4,7H2. The lowest BCUT2D eigenvalue weighted by molar-refractivity contribution is -0.384. The fourth-order valence-corrected chi connectivity index (χ4v) is 2.57. The third-order valence-electron chi connectivity index (χ3n) is 3.32. The molecule has 1 fully saturated rings. The van der Waals surface area contributed by atoms with E-state index in [1.807, 2.05) is 0 Å². The number of hydrogen-bond acceptors (Lipinski definition) is 4. The van der Waals surface area contributed by atoms with Gasteiger partial charge in [0.15, 0.2) is 0 Å². The first kappa shape index (κ1) is 14.3. The lowest BCUT2D eigenvalue weighted by Crippen LogP contribution is -2.43. The second-order valence-electron chi connectivity index (χ2n) is 4.54. The van der Waals surface area contributed by atoms with Crippen molar-refractivity contribution in [1.82, 2.24) is 4.90 Å². The SMILES string of the molecule is N#CC1CCCCN1C(=O)c1cccc([N+](=O)[O-])c1Cl. The summed E-state index contributed by atoms with van der Waals surface area (Å²) in [5.41, 5.74) is -0.231. The molecule has 7 heteroatoms. The molecule has 0 N–H and O–H groups in total. The van der Waals surface area contributed by atoms with Gasteiger partial charge in [0, 0.05) is 12.6 Å². The molecule has 20 heavy (non-hydrogen) atoms. The van der Waals surface area contributed by atoms with Crippen LogP contribution in [-0.2, 0) is 0 Å². The van der Waals surface area contributed by atoms with Crippen LogP contribution in [0.25, 0.3) is 0 Å². The Hall–Kier alpha value is -2.13. The molecule has 1 aromatic carbocycles. The van der Waals surface area contributed by atoms with Crippen LogP contribution >= 0.6 is 11.6 Å². The average molecular weight is 294 g/mol. The smallest absolute Gasteiger partial charge is 0.288 e. The number of nitro groups is 1. The fourth-order valence-electron chi connectivity index (χ4n) is 2.29. The van der Waals surface area contributed by atoms with Crippen LogP contribution in [0.3, 0.4) is 0 Å². The number of amides is 1. The van der Waals surface area contributed by atoms with Crippen molar-refractivity contribution in [1.29, 1.82) is 5.26 Å². The van der Waals surface area contributed by atoms with Crippen molar-refractivity contribution < 1.29 is 9.72 Å². The maximum atomic E-state index is 12.4. The molecule has 1 atom stereocenters. The van der Waals surface area contributed by atoms with E-state index in [1.54, 1.807) is 0 Å². The van der Waals surface area contributed by atoms with Gasteiger partial charge in [-0.1, -0.05) is 17.7 Å². The van der Waals surface area contributed by atoms with Gasteiger partial charge in [-0.25, -0.2) is 0 Å². The Labute approximate surface area is 120 Å². The number of piperidine rings is 1. The van der Waals surface area contributed by atoms with Crippen LogP contribution in [-0.4, -0.2) is 28.3 Å². The van der Waals surface area contributed by atoms with Crippen LogP contribution in [0.1, 0.15) is 29.6 Å². The Morgan fingerprint density at radius 1 is 1.50 bits per heavy atom. The summed E-state index contributed by atoms with van der Waals surface area (Å²) in [5, 5.41) is 19.7. The zero-order chi connectivity index (χ0) is 14.7. The van der Waals surface area contributed by atoms with E-state index in [9.17, 15) is 14.9 Å². The Balaban J connectivity index is 2.36. The van der Waals surface area contributed by atoms with E-state index in [1.165, 1.54) is 23.1 Å². The number of hydrogen-bond donors (Lipinski definition) is 0. The predicted molar refractivity (Wildman–Crippen MR) is 72.4 cm³/mol. The van der Waals surface area contributed by atoms with Gasteiger partial charge in [0.25, 0.3) is 11.6 Å². The van der Waals surface area contributed by atoms with Gasteiger partial charge in [-0.3, -0.25) is 14.9 Å². The molecule has 1 heterocycles. The second kappa shape index (κ2) is 5.88. The third-order valence-corrected chi connectivity index (χ3v) is 3.72. The van der Waals surface area contributed by atoms with Crippen molar-refractivity contribution >= 4 is 23.2 Å². The molecule has 1 unspecified atom stereocenters. The molecule has 1 aromatic rings. The zero-order valence-corrected chi connectivity index (χ0v) is 11.3. The van der Waals surface area contributed by atoms with Crippen LogP contribution < -0.4 is 0 Å². The van der Waals surface area contributed by atoms with Gasteiger partial charge in [0.2, 0.25) is 0 Å². The van der Waals surface area contributed by atoms with Crippen molar-refractivity contribution in [3.05, 3.63) is 38.9 Å². The van der Waals surface area contributed by atoms with E-state index in [0.717, 1.165) is 12.8 Å². The van der Waals surface area contributed by atoms with Gasteiger partial charge in [-0.15, -0.1) is 0 Å². The van der Waals surface area contributed by atoms with Crippen molar-refractivity contribution in [3.63, 3.8) is 0 Å². The molecule has 104 valence electrons. The average Bonchev–Trinajstić information content (AvgIpc) is 2.46. The molecule has 0 aliphatic carbocycles. The Kier molecular flexibility index (Phi) is 4.20. The number of nitro benzene ring substituents is 1. The lowest BCUT2D eigenvalue weighted by atomic mass is 10.0. The monoisotopic (exact) mass is 293 g/mol. The van der Waals surface area contributed by atoms with Gasteiger partial charge in [-0.05, 0) is 25.3 Å². The van der Waals surface area contributed by atoms with Crippen molar-refractivity contribution in [3.8, 4) is 6.07 Å². The van der Waals surface area contributed by atoms with Crippen LogP contribution in [0, 0.1) is 21.4 Å². The van der Waals surface area contributed by atoms with Crippen LogP contribution in [0.2, 0.25) is 5.02 Å². The van der Waals surface area contributed by atoms with Crippen LogP contribution in [0.5, 0.6) is 0 Å². The van der Waals surface area contributed by atoms with E-state index < -0.39 is 16.9 Å². The minimum absolute atomic E-state index is 0.0722. The summed E-state index contributed by atoms with van der Waals surface area (Å²) < 4.78 is 0. The van der Waals surface area contributed by atoms with E-state index >= 15 is 0 Å².